The van der Waals surface area contributed by atoms with Gasteiger partial charge in [-0.3, -0.25) is 9.78 Å². The van der Waals surface area contributed by atoms with E-state index < -0.39 is 0 Å². The van der Waals surface area contributed by atoms with Crippen LogP contribution in [-0.4, -0.2) is 29.6 Å². The summed E-state index contributed by atoms with van der Waals surface area (Å²) in [6.07, 6.45) is 3.45. The molecule has 0 fully saturated rings. The molecule has 0 unspecified atom stereocenters. The number of nitrogens with zero attached hydrogens (tertiary/aromatic N) is 1. The van der Waals surface area contributed by atoms with Crippen molar-refractivity contribution in [1.82, 2.24) is 10.3 Å². The lowest BCUT2D eigenvalue weighted by Gasteiger charge is -2.21. The van der Waals surface area contributed by atoms with Gasteiger partial charge in [-0.1, -0.05) is 12.1 Å². The Kier molecular flexibility index (Phi) is 7.10. The molecule has 0 aliphatic heterocycles. The zero-order chi connectivity index (χ0) is 18.2. The minimum absolute atomic E-state index is 0.138. The normalized spacial score (nSPS) is 13.5. The molecule has 0 aliphatic rings. The Morgan fingerprint density at radius 1 is 1.04 bits per heavy atom. The van der Waals surface area contributed by atoms with Crippen LogP contribution in [-0.2, 0) is 4.74 Å². The van der Waals surface area contributed by atoms with Crippen LogP contribution in [0.15, 0.2) is 48.8 Å². The molecule has 2 atom stereocenters. The van der Waals surface area contributed by atoms with Crippen LogP contribution < -0.4 is 10.6 Å². The summed E-state index contributed by atoms with van der Waals surface area (Å²) in [5, 5.41) is 6.41. The number of carbonyl (C=O) groups excluding carboxylic acids is 1. The number of benzene rings is 1. The smallest absolute Gasteiger partial charge is 0.255 e. The molecule has 1 heterocycles. The SMILES string of the molecule is CC(C)OC[C@H](C)N[C@@H](C)c1ccc(NC(=O)c2ccncc2)cc1. The van der Waals surface area contributed by atoms with Gasteiger partial charge in [0.2, 0.25) is 0 Å². The molecule has 0 bridgehead atoms. The molecule has 25 heavy (non-hydrogen) atoms. The molecular formula is C20H27N3O2. The van der Waals surface area contributed by atoms with E-state index in [2.05, 4.69) is 29.5 Å². The van der Waals surface area contributed by atoms with Crippen molar-refractivity contribution in [1.29, 1.82) is 0 Å². The first kappa shape index (κ1) is 19.1. The van der Waals surface area contributed by atoms with Crippen LogP contribution in [0.4, 0.5) is 5.69 Å². The first-order valence-electron chi connectivity index (χ1n) is 8.64. The van der Waals surface area contributed by atoms with E-state index in [1.54, 1.807) is 24.5 Å². The van der Waals surface area contributed by atoms with E-state index >= 15 is 0 Å². The van der Waals surface area contributed by atoms with Crippen molar-refractivity contribution in [2.45, 2.75) is 45.9 Å². The number of amides is 1. The maximum Gasteiger partial charge on any atom is 0.255 e. The molecule has 134 valence electrons. The number of carbonyl (C=O) groups is 1. The van der Waals surface area contributed by atoms with E-state index in [1.807, 2.05) is 38.1 Å². The van der Waals surface area contributed by atoms with Gasteiger partial charge < -0.3 is 15.4 Å². The zero-order valence-electron chi connectivity index (χ0n) is 15.3. The Hall–Kier alpha value is -2.24. The summed E-state index contributed by atoms with van der Waals surface area (Å²) in [5.41, 5.74) is 2.53. The number of nitrogens with one attached hydrogen (secondary N) is 2. The topological polar surface area (TPSA) is 63.2 Å². The fourth-order valence-electron chi connectivity index (χ4n) is 2.47. The molecule has 1 aromatic carbocycles. The average molecular weight is 341 g/mol. The lowest BCUT2D eigenvalue weighted by molar-refractivity contribution is 0.0626. The standard InChI is InChI=1S/C20H27N3O2/c1-14(2)25-13-15(3)22-16(4)17-5-7-19(8-6-17)23-20(24)18-9-11-21-12-10-18/h5-12,14-16,22H,13H2,1-4H3,(H,23,24)/t15-,16-/m0/s1. The second-order valence-electron chi connectivity index (χ2n) is 6.48. The molecule has 2 aromatic rings. The van der Waals surface area contributed by atoms with Crippen molar-refractivity contribution in [2.24, 2.45) is 0 Å². The van der Waals surface area contributed by atoms with Crippen molar-refractivity contribution < 1.29 is 9.53 Å². The molecule has 1 amide bonds. The number of anilines is 1. The van der Waals surface area contributed by atoms with Gasteiger partial charge in [-0.2, -0.15) is 0 Å². The van der Waals surface area contributed by atoms with E-state index in [4.69, 9.17) is 4.74 Å². The molecule has 1 aromatic heterocycles. The summed E-state index contributed by atoms with van der Waals surface area (Å²) in [6.45, 7) is 8.99. The van der Waals surface area contributed by atoms with Gasteiger partial charge in [0.1, 0.15) is 0 Å². The molecule has 5 nitrogen and oxygen atoms in total. The van der Waals surface area contributed by atoms with Gasteiger partial charge in [-0.15, -0.1) is 0 Å². The zero-order valence-corrected chi connectivity index (χ0v) is 15.3. The van der Waals surface area contributed by atoms with Crippen molar-refractivity contribution >= 4 is 11.6 Å². The van der Waals surface area contributed by atoms with Gasteiger partial charge in [0, 0.05) is 35.7 Å². The van der Waals surface area contributed by atoms with Gasteiger partial charge in [0.25, 0.3) is 5.91 Å². The van der Waals surface area contributed by atoms with Crippen molar-refractivity contribution in [2.75, 3.05) is 11.9 Å². The second kappa shape index (κ2) is 9.30. The maximum atomic E-state index is 12.1. The van der Waals surface area contributed by atoms with Crippen LogP contribution in [0, 0.1) is 0 Å². The summed E-state index contributed by atoms with van der Waals surface area (Å²) < 4.78 is 5.63. The Morgan fingerprint density at radius 3 is 2.28 bits per heavy atom. The summed E-state index contributed by atoms with van der Waals surface area (Å²) in [4.78, 5) is 16.1. The Balaban J connectivity index is 1.89. The lowest BCUT2D eigenvalue weighted by atomic mass is 10.1. The lowest BCUT2D eigenvalue weighted by Crippen LogP contribution is -2.33. The van der Waals surface area contributed by atoms with Crippen molar-refractivity contribution in [3.8, 4) is 0 Å². The average Bonchev–Trinajstić information content (AvgIpc) is 2.61. The number of rotatable bonds is 8. The highest BCUT2D eigenvalue weighted by Gasteiger charge is 2.11. The Labute approximate surface area is 149 Å². The molecule has 0 saturated heterocycles. The van der Waals surface area contributed by atoms with Crippen LogP contribution in [0.5, 0.6) is 0 Å². The fraction of sp³-hybridized carbons (Fsp3) is 0.400. The maximum absolute atomic E-state index is 12.1. The van der Waals surface area contributed by atoms with Gasteiger partial charge in [0.05, 0.1) is 12.7 Å². The highest BCUT2D eigenvalue weighted by Crippen LogP contribution is 2.17. The monoisotopic (exact) mass is 341 g/mol. The van der Waals surface area contributed by atoms with Crippen LogP contribution >= 0.6 is 0 Å². The predicted octanol–water partition coefficient (Wildman–Crippen LogP) is 3.80. The number of hydrogen-bond acceptors (Lipinski definition) is 4. The van der Waals surface area contributed by atoms with E-state index in [-0.39, 0.29) is 24.1 Å². The molecule has 0 saturated carbocycles. The minimum atomic E-state index is -0.138. The molecule has 0 spiro atoms. The summed E-state index contributed by atoms with van der Waals surface area (Å²) >= 11 is 0. The Morgan fingerprint density at radius 2 is 1.68 bits per heavy atom. The molecular weight excluding hydrogens is 314 g/mol. The molecule has 2 rings (SSSR count). The number of aromatic nitrogens is 1. The van der Waals surface area contributed by atoms with Gasteiger partial charge >= 0.3 is 0 Å². The number of hydrogen-bond donors (Lipinski definition) is 2. The molecule has 2 N–H and O–H groups in total. The quantitative estimate of drug-likeness (QED) is 0.767. The summed E-state index contributed by atoms with van der Waals surface area (Å²) in [5.74, 6) is -0.138. The largest absolute Gasteiger partial charge is 0.377 e. The van der Waals surface area contributed by atoms with Crippen LogP contribution in [0.25, 0.3) is 0 Å². The number of pyridine rings is 1. The van der Waals surface area contributed by atoms with E-state index in [0.29, 0.717) is 12.2 Å². The first-order chi connectivity index (χ1) is 12.0. The van der Waals surface area contributed by atoms with Crippen molar-refractivity contribution in [3.63, 3.8) is 0 Å². The summed E-state index contributed by atoms with van der Waals surface area (Å²) in [7, 11) is 0. The molecule has 0 radical (unpaired) electrons. The third-order valence-corrected chi connectivity index (χ3v) is 3.83. The fourth-order valence-corrected chi connectivity index (χ4v) is 2.47. The van der Waals surface area contributed by atoms with Gasteiger partial charge in [0.15, 0.2) is 0 Å². The van der Waals surface area contributed by atoms with Gasteiger partial charge in [-0.25, -0.2) is 0 Å². The van der Waals surface area contributed by atoms with Crippen LogP contribution in [0.1, 0.15) is 49.7 Å². The number of ether oxygens (including phenoxy) is 1. The molecule has 0 aliphatic carbocycles. The minimum Gasteiger partial charge on any atom is -0.377 e. The van der Waals surface area contributed by atoms with E-state index in [1.165, 1.54) is 5.56 Å². The third-order valence-electron chi connectivity index (χ3n) is 3.83. The second-order valence-corrected chi connectivity index (χ2v) is 6.48. The van der Waals surface area contributed by atoms with Crippen LogP contribution in [0.3, 0.4) is 0 Å². The van der Waals surface area contributed by atoms with Crippen LogP contribution in [0.2, 0.25) is 0 Å². The van der Waals surface area contributed by atoms with Gasteiger partial charge in [-0.05, 0) is 57.5 Å². The van der Waals surface area contributed by atoms with Crippen molar-refractivity contribution in [3.05, 3.63) is 59.9 Å². The predicted molar refractivity (Wildman–Crippen MR) is 101 cm³/mol. The highest BCUT2D eigenvalue weighted by atomic mass is 16.5. The first-order valence-corrected chi connectivity index (χ1v) is 8.64. The summed E-state index contributed by atoms with van der Waals surface area (Å²) in [6, 6.07) is 11.7. The van der Waals surface area contributed by atoms with E-state index in [0.717, 1.165) is 5.69 Å². The Bertz CT molecular complexity index is 656. The third kappa shape index (κ3) is 6.29. The highest BCUT2D eigenvalue weighted by molar-refractivity contribution is 6.04. The molecule has 5 heteroatoms. The van der Waals surface area contributed by atoms with E-state index in [9.17, 15) is 4.79 Å².